The van der Waals surface area contributed by atoms with Crippen molar-refractivity contribution >= 4 is 17.3 Å². The molecule has 0 aromatic heterocycles. The van der Waals surface area contributed by atoms with Crippen LogP contribution < -0.4 is 14.8 Å². The van der Waals surface area contributed by atoms with E-state index in [1.807, 2.05) is 24.3 Å². The number of rotatable bonds is 6. The predicted molar refractivity (Wildman–Crippen MR) is 103 cm³/mol. The monoisotopic (exact) mass is 363 g/mol. The number of benzene rings is 2. The highest BCUT2D eigenvalue weighted by molar-refractivity contribution is 6.30. The maximum absolute atomic E-state index is 11.0. The van der Waals surface area contributed by atoms with Gasteiger partial charge in [-0.1, -0.05) is 50.6 Å². The van der Waals surface area contributed by atoms with Gasteiger partial charge in [0, 0.05) is 28.4 Å². The molecule has 0 saturated heterocycles. The van der Waals surface area contributed by atoms with Gasteiger partial charge in [-0.15, -0.1) is 0 Å². The first-order valence-electron chi connectivity index (χ1n) is 8.19. The summed E-state index contributed by atoms with van der Waals surface area (Å²) in [5, 5.41) is 15.0. The molecule has 0 bridgehead atoms. The highest BCUT2D eigenvalue weighted by atomic mass is 35.5. The van der Waals surface area contributed by atoms with E-state index in [-0.39, 0.29) is 5.41 Å². The molecular formula is C20H26ClNO3. The van der Waals surface area contributed by atoms with Crippen LogP contribution in [-0.2, 0) is 0 Å². The first-order valence-corrected chi connectivity index (χ1v) is 8.57. The van der Waals surface area contributed by atoms with Gasteiger partial charge in [0.15, 0.2) is 11.5 Å². The summed E-state index contributed by atoms with van der Waals surface area (Å²) < 4.78 is 10.8. The molecule has 0 aliphatic rings. The molecule has 0 heterocycles. The summed E-state index contributed by atoms with van der Waals surface area (Å²) in [5.74, 6) is 1.10. The molecule has 1 atom stereocenters. The topological polar surface area (TPSA) is 50.7 Å². The molecule has 2 rings (SSSR count). The maximum atomic E-state index is 11.0. The number of para-hydroxylation sites is 1. The van der Waals surface area contributed by atoms with Gasteiger partial charge < -0.3 is 19.9 Å². The van der Waals surface area contributed by atoms with Crippen molar-refractivity contribution in [3.05, 3.63) is 52.5 Å². The Morgan fingerprint density at radius 2 is 1.80 bits per heavy atom. The lowest BCUT2D eigenvalue weighted by Gasteiger charge is -2.24. The number of methoxy groups -OCH3 is 2. The lowest BCUT2D eigenvalue weighted by Crippen LogP contribution is -2.20. The quantitative estimate of drug-likeness (QED) is 0.766. The van der Waals surface area contributed by atoms with E-state index in [1.54, 1.807) is 26.4 Å². The van der Waals surface area contributed by atoms with E-state index in [4.69, 9.17) is 21.1 Å². The number of aliphatic hydroxyl groups is 1. The molecule has 0 aliphatic heterocycles. The van der Waals surface area contributed by atoms with Gasteiger partial charge in [0.05, 0.1) is 14.2 Å². The van der Waals surface area contributed by atoms with Crippen LogP contribution in [0.4, 0.5) is 5.69 Å². The molecule has 0 radical (unpaired) electrons. The van der Waals surface area contributed by atoms with E-state index in [0.717, 1.165) is 17.8 Å². The zero-order chi connectivity index (χ0) is 18.6. The van der Waals surface area contributed by atoms with Crippen molar-refractivity contribution in [2.45, 2.75) is 26.9 Å². The molecule has 0 fully saturated rings. The highest BCUT2D eigenvalue weighted by Gasteiger charge is 2.22. The maximum Gasteiger partial charge on any atom is 0.166 e. The number of hydrogen-bond acceptors (Lipinski definition) is 4. The number of nitrogens with one attached hydrogen (secondary N) is 1. The third-order valence-corrected chi connectivity index (χ3v) is 4.08. The van der Waals surface area contributed by atoms with Crippen LogP contribution in [0.25, 0.3) is 0 Å². The Kier molecular flexibility index (Phi) is 6.20. The lowest BCUT2D eigenvalue weighted by atomic mass is 9.95. The van der Waals surface area contributed by atoms with E-state index < -0.39 is 6.10 Å². The zero-order valence-electron chi connectivity index (χ0n) is 15.4. The summed E-state index contributed by atoms with van der Waals surface area (Å²) >= 11 is 6.16. The van der Waals surface area contributed by atoms with Gasteiger partial charge >= 0.3 is 0 Å². The van der Waals surface area contributed by atoms with Crippen LogP contribution in [-0.4, -0.2) is 25.9 Å². The normalized spacial score (nSPS) is 12.6. The summed E-state index contributed by atoms with van der Waals surface area (Å²) in [6.45, 7) is 7.19. The van der Waals surface area contributed by atoms with Crippen molar-refractivity contribution in [3.8, 4) is 11.5 Å². The number of halogens is 1. The Balaban J connectivity index is 2.44. The van der Waals surface area contributed by atoms with Crippen molar-refractivity contribution < 1.29 is 14.6 Å². The van der Waals surface area contributed by atoms with Gasteiger partial charge in [0.2, 0.25) is 0 Å². The fourth-order valence-electron chi connectivity index (χ4n) is 2.58. The Morgan fingerprint density at radius 1 is 1.08 bits per heavy atom. The van der Waals surface area contributed by atoms with Gasteiger partial charge in [-0.3, -0.25) is 0 Å². The number of ether oxygens (including phenoxy) is 2. The van der Waals surface area contributed by atoms with Crippen molar-refractivity contribution in [1.82, 2.24) is 0 Å². The zero-order valence-corrected chi connectivity index (χ0v) is 16.1. The predicted octanol–water partition coefficient (Wildman–Crippen LogP) is 4.90. The molecule has 4 nitrogen and oxygen atoms in total. The lowest BCUT2D eigenvalue weighted by molar-refractivity contribution is 0.213. The fraction of sp³-hybridized carbons (Fsp3) is 0.400. The van der Waals surface area contributed by atoms with Gasteiger partial charge in [0.1, 0.15) is 6.10 Å². The van der Waals surface area contributed by atoms with Crippen molar-refractivity contribution in [2.24, 2.45) is 5.41 Å². The van der Waals surface area contributed by atoms with Crippen molar-refractivity contribution in [3.63, 3.8) is 0 Å². The van der Waals surface area contributed by atoms with Crippen LogP contribution in [0.5, 0.6) is 11.5 Å². The molecule has 5 heteroatoms. The summed E-state index contributed by atoms with van der Waals surface area (Å²) in [6, 6.07) is 10.9. The number of anilines is 1. The second-order valence-corrected chi connectivity index (χ2v) is 7.57. The Labute approximate surface area is 154 Å². The molecule has 136 valence electrons. The molecule has 2 aromatic carbocycles. The van der Waals surface area contributed by atoms with Gasteiger partial charge in [0.25, 0.3) is 0 Å². The van der Waals surface area contributed by atoms with E-state index in [2.05, 4.69) is 26.1 Å². The third kappa shape index (κ3) is 4.80. The van der Waals surface area contributed by atoms with E-state index >= 15 is 0 Å². The van der Waals surface area contributed by atoms with Crippen LogP contribution in [0, 0.1) is 5.41 Å². The first-order chi connectivity index (χ1) is 11.8. The second-order valence-electron chi connectivity index (χ2n) is 7.13. The molecule has 0 saturated carbocycles. The van der Waals surface area contributed by atoms with E-state index in [1.165, 1.54) is 0 Å². The largest absolute Gasteiger partial charge is 0.493 e. The first kappa shape index (κ1) is 19.4. The fourth-order valence-corrected chi connectivity index (χ4v) is 2.75. The smallest absolute Gasteiger partial charge is 0.166 e. The van der Waals surface area contributed by atoms with Gasteiger partial charge in [-0.25, -0.2) is 0 Å². The summed E-state index contributed by atoms with van der Waals surface area (Å²) in [4.78, 5) is 0. The summed E-state index contributed by atoms with van der Waals surface area (Å²) in [6.07, 6.45) is -0.871. The van der Waals surface area contributed by atoms with Crippen LogP contribution in [0.2, 0.25) is 5.02 Å². The minimum Gasteiger partial charge on any atom is -0.493 e. The van der Waals surface area contributed by atoms with E-state index in [0.29, 0.717) is 22.1 Å². The highest BCUT2D eigenvalue weighted by Crippen LogP contribution is 2.39. The minimum atomic E-state index is -0.871. The van der Waals surface area contributed by atoms with Crippen LogP contribution in [0.3, 0.4) is 0 Å². The SMILES string of the molecule is COc1cccc(C(O)c2ccc(Cl)cc2NCC(C)(C)C)c1OC. The minimum absolute atomic E-state index is 0.0954. The summed E-state index contributed by atoms with van der Waals surface area (Å²) in [7, 11) is 3.14. The Bertz CT molecular complexity index is 725. The molecule has 0 spiro atoms. The van der Waals surface area contributed by atoms with Crippen molar-refractivity contribution in [1.29, 1.82) is 0 Å². The number of hydrogen-bond donors (Lipinski definition) is 2. The molecular weight excluding hydrogens is 338 g/mol. The van der Waals surface area contributed by atoms with Crippen LogP contribution >= 0.6 is 11.6 Å². The Hall–Kier alpha value is -1.91. The van der Waals surface area contributed by atoms with Gasteiger partial charge in [-0.05, 0) is 23.6 Å². The average Bonchev–Trinajstić information content (AvgIpc) is 2.58. The molecule has 0 aliphatic carbocycles. The average molecular weight is 364 g/mol. The second kappa shape index (κ2) is 7.98. The van der Waals surface area contributed by atoms with Crippen molar-refractivity contribution in [2.75, 3.05) is 26.1 Å². The molecule has 25 heavy (non-hydrogen) atoms. The molecule has 1 unspecified atom stereocenters. The van der Waals surface area contributed by atoms with Crippen LogP contribution in [0.15, 0.2) is 36.4 Å². The van der Waals surface area contributed by atoms with Gasteiger partial charge in [-0.2, -0.15) is 0 Å². The third-order valence-electron chi connectivity index (χ3n) is 3.85. The van der Waals surface area contributed by atoms with Crippen LogP contribution in [0.1, 0.15) is 38.0 Å². The Morgan fingerprint density at radius 3 is 2.40 bits per heavy atom. The molecule has 2 N–H and O–H groups in total. The standard InChI is InChI=1S/C20H26ClNO3/c1-20(2,3)12-22-16-11-13(21)9-10-14(16)18(23)15-7-6-8-17(24-4)19(15)25-5/h6-11,18,22-23H,12H2,1-5H3. The number of aliphatic hydroxyl groups excluding tert-OH is 1. The molecule has 0 amide bonds. The van der Waals surface area contributed by atoms with E-state index in [9.17, 15) is 5.11 Å². The summed E-state index contributed by atoms with van der Waals surface area (Å²) in [5.41, 5.74) is 2.28. The molecule has 2 aromatic rings.